The molecule has 148 valence electrons. The van der Waals surface area contributed by atoms with E-state index in [1.165, 1.54) is 0 Å². The van der Waals surface area contributed by atoms with Crippen molar-refractivity contribution in [3.05, 3.63) is 78.4 Å². The maximum absolute atomic E-state index is 12.7. The largest absolute Gasteiger partial charge is 0.343 e. The molecule has 5 rings (SSSR count). The van der Waals surface area contributed by atoms with Crippen LogP contribution in [0.2, 0.25) is 0 Å². The van der Waals surface area contributed by atoms with Gasteiger partial charge in [-0.05, 0) is 36.8 Å². The van der Waals surface area contributed by atoms with Crippen LogP contribution < -0.4 is 5.32 Å². The van der Waals surface area contributed by atoms with Crippen molar-refractivity contribution >= 4 is 27.8 Å². The highest BCUT2D eigenvalue weighted by molar-refractivity contribution is 6.02. The monoisotopic (exact) mass is 396 g/mol. The Balaban J connectivity index is 1.51. The minimum atomic E-state index is -0.285. The normalized spacial score (nSPS) is 12.3. The second-order valence-electron chi connectivity index (χ2n) is 7.29. The summed E-state index contributed by atoms with van der Waals surface area (Å²) in [6, 6.07) is 17.5. The van der Waals surface area contributed by atoms with Crippen molar-refractivity contribution < 1.29 is 4.79 Å². The summed E-state index contributed by atoms with van der Waals surface area (Å²) in [7, 11) is 1.95. The lowest BCUT2D eigenvalue weighted by atomic mass is 10.1. The highest BCUT2D eigenvalue weighted by atomic mass is 16.2. The van der Waals surface area contributed by atoms with Crippen LogP contribution in [0.5, 0.6) is 0 Å². The molecule has 0 radical (unpaired) electrons. The van der Waals surface area contributed by atoms with Gasteiger partial charge in [0.2, 0.25) is 5.82 Å². The Bertz CT molecular complexity index is 1350. The number of benzene rings is 2. The number of hydrogen-bond donors (Lipinski definition) is 2. The number of aromatic nitrogens is 5. The van der Waals surface area contributed by atoms with Gasteiger partial charge in [0, 0.05) is 30.4 Å². The number of imidazole rings is 1. The summed E-state index contributed by atoms with van der Waals surface area (Å²) >= 11 is 0. The van der Waals surface area contributed by atoms with Crippen LogP contribution in [0.3, 0.4) is 0 Å². The smallest absolute Gasteiger partial charge is 0.289 e. The number of amides is 1. The number of aryl methyl sites for hydroxylation is 1. The van der Waals surface area contributed by atoms with E-state index < -0.39 is 0 Å². The number of nitrogens with zero attached hydrogens (tertiary/aromatic N) is 4. The molecule has 2 N–H and O–H groups in total. The highest BCUT2D eigenvalue weighted by Gasteiger charge is 2.18. The molecule has 0 aliphatic carbocycles. The zero-order valence-corrected chi connectivity index (χ0v) is 16.6. The van der Waals surface area contributed by atoms with Crippen LogP contribution in [0.25, 0.3) is 33.2 Å². The van der Waals surface area contributed by atoms with Gasteiger partial charge in [-0.15, -0.1) is 0 Å². The van der Waals surface area contributed by atoms with Gasteiger partial charge in [0.25, 0.3) is 5.91 Å². The summed E-state index contributed by atoms with van der Waals surface area (Å²) in [5, 5.41) is 7.36. The van der Waals surface area contributed by atoms with Gasteiger partial charge in [-0.25, -0.2) is 9.97 Å². The number of nitrogens with one attached hydrogen (secondary N) is 2. The number of carbonyl (C=O) groups excluding carboxylic acids is 1. The molecule has 7 nitrogen and oxygen atoms in total. The number of hydrogen-bond acceptors (Lipinski definition) is 4. The van der Waals surface area contributed by atoms with E-state index >= 15 is 0 Å². The molecule has 7 heteroatoms. The summed E-state index contributed by atoms with van der Waals surface area (Å²) in [6.07, 6.45) is 3.53. The third-order valence-corrected chi connectivity index (χ3v) is 5.28. The first-order chi connectivity index (χ1) is 14.6. The molecule has 5 aromatic rings. The molecule has 3 heterocycles. The van der Waals surface area contributed by atoms with Crippen molar-refractivity contribution in [2.45, 2.75) is 13.0 Å². The third-order valence-electron chi connectivity index (χ3n) is 5.28. The van der Waals surface area contributed by atoms with Crippen molar-refractivity contribution in [1.29, 1.82) is 0 Å². The fourth-order valence-corrected chi connectivity index (χ4v) is 3.69. The van der Waals surface area contributed by atoms with Gasteiger partial charge in [0.05, 0.1) is 28.3 Å². The molecule has 0 saturated carbocycles. The molecule has 0 aliphatic rings. The molecular formula is C23H20N6O. The van der Waals surface area contributed by atoms with Crippen LogP contribution in [0, 0.1) is 0 Å². The van der Waals surface area contributed by atoms with Gasteiger partial charge in [0.15, 0.2) is 0 Å². The summed E-state index contributed by atoms with van der Waals surface area (Å²) < 4.78 is 1.94. The van der Waals surface area contributed by atoms with Crippen molar-refractivity contribution in [2.75, 3.05) is 0 Å². The maximum atomic E-state index is 12.7. The lowest BCUT2D eigenvalue weighted by Gasteiger charge is -2.12. The number of rotatable bonds is 4. The van der Waals surface area contributed by atoms with Crippen LogP contribution in [0.4, 0.5) is 0 Å². The maximum Gasteiger partial charge on any atom is 0.289 e. The Kier molecular flexibility index (Phi) is 4.28. The molecule has 0 aliphatic heterocycles. The van der Waals surface area contributed by atoms with Gasteiger partial charge in [-0.1, -0.05) is 30.3 Å². The lowest BCUT2D eigenvalue weighted by Crippen LogP contribution is -2.27. The Morgan fingerprint density at radius 1 is 1.03 bits per heavy atom. The molecule has 1 unspecified atom stereocenters. The zero-order chi connectivity index (χ0) is 20.7. The van der Waals surface area contributed by atoms with E-state index in [2.05, 4.69) is 25.4 Å². The lowest BCUT2D eigenvalue weighted by molar-refractivity contribution is 0.0930. The van der Waals surface area contributed by atoms with Crippen LogP contribution in [-0.4, -0.2) is 30.6 Å². The Labute approximate surface area is 172 Å². The molecule has 0 bridgehead atoms. The van der Waals surface area contributed by atoms with Gasteiger partial charge in [-0.2, -0.15) is 0 Å². The van der Waals surface area contributed by atoms with Gasteiger partial charge in [-0.3, -0.25) is 19.6 Å². The van der Waals surface area contributed by atoms with Crippen molar-refractivity contribution in [3.8, 4) is 11.3 Å². The minimum Gasteiger partial charge on any atom is -0.343 e. The highest BCUT2D eigenvalue weighted by Crippen LogP contribution is 2.30. The van der Waals surface area contributed by atoms with E-state index in [1.54, 1.807) is 12.4 Å². The molecule has 30 heavy (non-hydrogen) atoms. The summed E-state index contributed by atoms with van der Waals surface area (Å²) in [5.74, 6) is -0.106. The quantitative estimate of drug-likeness (QED) is 0.481. The second kappa shape index (κ2) is 7.11. The molecular weight excluding hydrogens is 376 g/mol. The van der Waals surface area contributed by atoms with Crippen LogP contribution in [0.1, 0.15) is 29.1 Å². The number of carbonyl (C=O) groups is 1. The molecule has 0 fully saturated rings. The van der Waals surface area contributed by atoms with E-state index in [9.17, 15) is 4.79 Å². The number of aromatic amines is 1. The first-order valence-electron chi connectivity index (χ1n) is 9.72. The average molecular weight is 396 g/mol. The van der Waals surface area contributed by atoms with Crippen molar-refractivity contribution in [3.63, 3.8) is 0 Å². The fraction of sp³-hybridized carbons (Fsp3) is 0.130. The minimum absolute atomic E-state index is 0.132. The van der Waals surface area contributed by atoms with E-state index in [0.717, 1.165) is 27.7 Å². The first-order valence-corrected chi connectivity index (χ1v) is 9.72. The summed E-state index contributed by atoms with van der Waals surface area (Å²) in [6.45, 7) is 1.95. The fourth-order valence-electron chi connectivity index (χ4n) is 3.69. The van der Waals surface area contributed by atoms with Gasteiger partial charge in [0.1, 0.15) is 0 Å². The van der Waals surface area contributed by atoms with Gasteiger partial charge >= 0.3 is 0 Å². The molecule has 1 atom stereocenters. The van der Waals surface area contributed by atoms with Crippen molar-refractivity contribution in [2.24, 2.45) is 7.05 Å². The predicted molar refractivity (Wildman–Crippen MR) is 116 cm³/mol. The van der Waals surface area contributed by atoms with E-state index in [-0.39, 0.29) is 17.8 Å². The SMILES string of the molecule is CC(NC(=O)c1nc2cc3c(-c4ccncc4)[nH]n(C)c3cc2n1)c1ccccc1. The molecule has 2 aromatic carbocycles. The molecule has 0 spiro atoms. The average Bonchev–Trinajstić information content (AvgIpc) is 3.34. The Morgan fingerprint density at radius 3 is 2.47 bits per heavy atom. The Morgan fingerprint density at radius 2 is 1.73 bits per heavy atom. The second-order valence-corrected chi connectivity index (χ2v) is 7.29. The van der Waals surface area contributed by atoms with Crippen LogP contribution in [-0.2, 0) is 7.05 Å². The van der Waals surface area contributed by atoms with Crippen molar-refractivity contribution in [1.82, 2.24) is 30.0 Å². The van der Waals surface area contributed by atoms with Crippen LogP contribution >= 0.6 is 0 Å². The standard InChI is InChI=1S/C23H20N6O/c1-14(15-6-4-3-5-7-15)25-23(30)22-26-18-12-17-20(13-19(18)27-22)29(2)28-21(17)16-8-10-24-11-9-16/h3-14,28H,1-2H3,(H,25,30). The molecule has 3 aromatic heterocycles. The number of fused-ring (bicyclic) bond motifs is 2. The zero-order valence-electron chi connectivity index (χ0n) is 16.6. The number of pyridine rings is 1. The first kappa shape index (κ1) is 18.1. The Hall–Kier alpha value is -4.00. The molecule has 1 amide bonds. The van der Waals surface area contributed by atoms with E-state index in [4.69, 9.17) is 0 Å². The third kappa shape index (κ3) is 3.10. The van der Waals surface area contributed by atoms with Crippen LogP contribution in [0.15, 0.2) is 67.0 Å². The summed E-state index contributed by atoms with van der Waals surface area (Å²) in [5.41, 5.74) is 5.41. The molecule has 0 saturated heterocycles. The van der Waals surface area contributed by atoms with E-state index in [1.807, 2.05) is 73.3 Å². The number of H-pyrrole nitrogens is 1. The topological polar surface area (TPSA) is 88.5 Å². The summed E-state index contributed by atoms with van der Waals surface area (Å²) in [4.78, 5) is 25.8. The van der Waals surface area contributed by atoms with E-state index in [0.29, 0.717) is 11.0 Å². The predicted octanol–water partition coefficient (Wildman–Crippen LogP) is 4.00. The van der Waals surface area contributed by atoms with Gasteiger partial charge < -0.3 is 5.32 Å².